The van der Waals surface area contributed by atoms with Crippen LogP contribution in [0.5, 0.6) is 0 Å². The van der Waals surface area contributed by atoms with Crippen LogP contribution in [0.4, 0.5) is 0 Å². The zero-order chi connectivity index (χ0) is 17.2. The van der Waals surface area contributed by atoms with Gasteiger partial charge in [-0.1, -0.05) is 30.8 Å². The van der Waals surface area contributed by atoms with Crippen LogP contribution in [0.15, 0.2) is 36.9 Å². The number of hydrogen-bond donors (Lipinski definition) is 0. The number of ether oxygens (including phenoxy) is 3. The van der Waals surface area contributed by atoms with E-state index < -0.39 is 0 Å². The summed E-state index contributed by atoms with van der Waals surface area (Å²) in [5.74, 6) is -0.0440. The van der Waals surface area contributed by atoms with E-state index in [1.54, 1.807) is 7.11 Å². The fourth-order valence-electron chi connectivity index (χ4n) is 2.74. The molecule has 0 spiro atoms. The predicted octanol–water partition coefficient (Wildman–Crippen LogP) is 2.54. The molecule has 1 saturated heterocycles. The van der Waals surface area contributed by atoms with Crippen molar-refractivity contribution in [1.29, 1.82) is 0 Å². The van der Waals surface area contributed by atoms with Crippen molar-refractivity contribution in [3.63, 3.8) is 0 Å². The highest BCUT2D eigenvalue weighted by Gasteiger charge is 2.24. The van der Waals surface area contributed by atoms with Crippen molar-refractivity contribution in [2.45, 2.75) is 32.0 Å². The van der Waals surface area contributed by atoms with Gasteiger partial charge in [0.2, 0.25) is 5.91 Å². The molecule has 0 saturated carbocycles. The third-order valence-electron chi connectivity index (χ3n) is 4.11. The zero-order valence-electron chi connectivity index (χ0n) is 14.4. The van der Waals surface area contributed by atoms with Crippen molar-refractivity contribution in [2.24, 2.45) is 0 Å². The molecule has 132 valence electrons. The monoisotopic (exact) mass is 333 g/mol. The largest absolute Gasteiger partial charge is 0.382 e. The number of nitrogens with zero attached hydrogens (tertiary/aromatic N) is 1. The smallest absolute Gasteiger partial charge is 0.246 e. The van der Waals surface area contributed by atoms with Gasteiger partial charge in [-0.25, -0.2) is 0 Å². The van der Waals surface area contributed by atoms with E-state index in [0.717, 1.165) is 30.6 Å². The molecule has 1 amide bonds. The lowest BCUT2D eigenvalue weighted by Crippen LogP contribution is -2.43. The fourth-order valence-corrected chi connectivity index (χ4v) is 2.74. The van der Waals surface area contributed by atoms with Crippen molar-refractivity contribution < 1.29 is 19.0 Å². The second-order valence-electron chi connectivity index (χ2n) is 5.90. The number of benzene rings is 1. The third-order valence-corrected chi connectivity index (χ3v) is 4.11. The SMILES string of the molecule is C=CC(=O)N(Cc1ccc(COCCOC)cc1)C1CCCOC1. The first-order valence-electron chi connectivity index (χ1n) is 8.40. The molecule has 1 aliphatic rings. The Morgan fingerprint density at radius 1 is 1.33 bits per heavy atom. The summed E-state index contributed by atoms with van der Waals surface area (Å²) in [6, 6.07) is 8.29. The molecule has 1 aromatic rings. The summed E-state index contributed by atoms with van der Waals surface area (Å²) in [5, 5.41) is 0. The van der Waals surface area contributed by atoms with Gasteiger partial charge >= 0.3 is 0 Å². The molecule has 0 N–H and O–H groups in total. The summed E-state index contributed by atoms with van der Waals surface area (Å²) >= 11 is 0. The summed E-state index contributed by atoms with van der Waals surface area (Å²) in [5.41, 5.74) is 2.20. The summed E-state index contributed by atoms with van der Waals surface area (Å²) in [4.78, 5) is 14.1. The van der Waals surface area contributed by atoms with Gasteiger partial charge < -0.3 is 19.1 Å². The van der Waals surface area contributed by atoms with Crippen molar-refractivity contribution in [1.82, 2.24) is 4.90 Å². The molecule has 0 aliphatic carbocycles. The first-order valence-corrected chi connectivity index (χ1v) is 8.40. The van der Waals surface area contributed by atoms with E-state index in [4.69, 9.17) is 14.2 Å². The molecule has 0 bridgehead atoms. The molecule has 5 heteroatoms. The highest BCUT2D eigenvalue weighted by atomic mass is 16.5. The van der Waals surface area contributed by atoms with E-state index in [-0.39, 0.29) is 11.9 Å². The van der Waals surface area contributed by atoms with E-state index in [2.05, 4.69) is 6.58 Å². The summed E-state index contributed by atoms with van der Waals surface area (Å²) in [7, 11) is 1.66. The number of carbonyl (C=O) groups excluding carboxylic acids is 1. The van der Waals surface area contributed by atoms with Crippen LogP contribution in [0.25, 0.3) is 0 Å². The number of amides is 1. The van der Waals surface area contributed by atoms with Crippen LogP contribution in [0.1, 0.15) is 24.0 Å². The van der Waals surface area contributed by atoms with E-state index in [1.807, 2.05) is 29.2 Å². The Morgan fingerprint density at radius 2 is 2.08 bits per heavy atom. The number of carbonyl (C=O) groups is 1. The van der Waals surface area contributed by atoms with Crippen LogP contribution in [0.2, 0.25) is 0 Å². The van der Waals surface area contributed by atoms with Crippen LogP contribution >= 0.6 is 0 Å². The van der Waals surface area contributed by atoms with Crippen LogP contribution < -0.4 is 0 Å². The minimum Gasteiger partial charge on any atom is -0.382 e. The Kier molecular flexibility index (Phi) is 7.95. The second-order valence-corrected chi connectivity index (χ2v) is 5.90. The maximum absolute atomic E-state index is 12.2. The zero-order valence-corrected chi connectivity index (χ0v) is 14.4. The number of rotatable bonds is 9. The van der Waals surface area contributed by atoms with Gasteiger partial charge in [0, 0.05) is 20.3 Å². The summed E-state index contributed by atoms with van der Waals surface area (Å²) < 4.78 is 16.0. The quantitative estimate of drug-likeness (QED) is 0.515. The summed E-state index contributed by atoms with van der Waals surface area (Å²) in [6.07, 6.45) is 3.35. The average Bonchev–Trinajstić information content (AvgIpc) is 2.64. The van der Waals surface area contributed by atoms with Gasteiger partial charge in [0.1, 0.15) is 0 Å². The molecule has 5 nitrogen and oxygen atoms in total. The van der Waals surface area contributed by atoms with Crippen molar-refractivity contribution >= 4 is 5.91 Å². The van der Waals surface area contributed by atoms with Crippen molar-refractivity contribution in [2.75, 3.05) is 33.5 Å². The molecule has 24 heavy (non-hydrogen) atoms. The first kappa shape index (κ1) is 18.6. The van der Waals surface area contributed by atoms with Gasteiger partial charge in [0.05, 0.1) is 32.5 Å². The Balaban J connectivity index is 1.93. The first-order chi connectivity index (χ1) is 11.7. The molecule has 2 rings (SSSR count). The lowest BCUT2D eigenvalue weighted by atomic mass is 10.1. The number of hydrogen-bond acceptors (Lipinski definition) is 4. The van der Waals surface area contributed by atoms with Crippen LogP contribution in [0.3, 0.4) is 0 Å². The molecule has 0 radical (unpaired) electrons. The van der Waals surface area contributed by atoms with Gasteiger partial charge in [0.15, 0.2) is 0 Å². The Labute approximate surface area is 144 Å². The van der Waals surface area contributed by atoms with Crippen LogP contribution in [-0.4, -0.2) is 50.4 Å². The minimum atomic E-state index is -0.0440. The Hall–Kier alpha value is -1.69. The lowest BCUT2D eigenvalue weighted by molar-refractivity contribution is -0.131. The molecule has 1 unspecified atom stereocenters. The van der Waals surface area contributed by atoms with Gasteiger partial charge in [-0.2, -0.15) is 0 Å². The maximum atomic E-state index is 12.2. The lowest BCUT2D eigenvalue weighted by Gasteiger charge is -2.33. The normalized spacial score (nSPS) is 17.5. The third kappa shape index (κ3) is 5.74. The van der Waals surface area contributed by atoms with E-state index in [9.17, 15) is 4.79 Å². The highest BCUT2D eigenvalue weighted by molar-refractivity contribution is 5.87. The van der Waals surface area contributed by atoms with E-state index >= 15 is 0 Å². The number of methoxy groups -OCH3 is 1. The Bertz CT molecular complexity index is 509. The molecule has 1 aromatic carbocycles. The fraction of sp³-hybridized carbons (Fsp3) is 0.526. The molecule has 1 atom stereocenters. The molecule has 1 heterocycles. The van der Waals surface area contributed by atoms with Gasteiger partial charge in [-0.05, 0) is 30.0 Å². The van der Waals surface area contributed by atoms with Crippen molar-refractivity contribution in [3.8, 4) is 0 Å². The molecular formula is C19H27NO4. The van der Waals surface area contributed by atoms with Gasteiger partial charge in [-0.3, -0.25) is 4.79 Å². The molecule has 1 aliphatic heterocycles. The van der Waals surface area contributed by atoms with E-state index in [1.165, 1.54) is 6.08 Å². The molecule has 1 fully saturated rings. The minimum absolute atomic E-state index is 0.0440. The van der Waals surface area contributed by atoms with Gasteiger partial charge in [0.25, 0.3) is 0 Å². The van der Waals surface area contributed by atoms with E-state index in [0.29, 0.717) is 33.0 Å². The average molecular weight is 333 g/mol. The standard InChI is InChI=1S/C19H27NO4/c1-3-19(21)20(18-5-4-10-23-15-18)13-16-6-8-17(9-7-16)14-24-12-11-22-2/h3,6-9,18H,1,4-5,10-15H2,2H3. The highest BCUT2D eigenvalue weighted by Crippen LogP contribution is 2.18. The summed E-state index contributed by atoms with van der Waals surface area (Å²) in [6.45, 7) is 7.33. The van der Waals surface area contributed by atoms with Crippen molar-refractivity contribution in [3.05, 3.63) is 48.0 Å². The predicted molar refractivity (Wildman–Crippen MR) is 92.6 cm³/mol. The Morgan fingerprint density at radius 3 is 2.71 bits per heavy atom. The van der Waals surface area contributed by atoms with Crippen LogP contribution in [-0.2, 0) is 32.2 Å². The molecule has 0 aromatic heterocycles. The topological polar surface area (TPSA) is 48.0 Å². The second kappa shape index (κ2) is 10.2. The van der Waals surface area contributed by atoms with Crippen LogP contribution in [0, 0.1) is 0 Å². The van der Waals surface area contributed by atoms with Gasteiger partial charge in [-0.15, -0.1) is 0 Å². The molecular weight excluding hydrogens is 306 g/mol. The maximum Gasteiger partial charge on any atom is 0.246 e.